The molecule has 0 saturated carbocycles. The van der Waals surface area contributed by atoms with E-state index >= 15 is 0 Å². The van der Waals surface area contributed by atoms with Crippen LogP contribution in [0.2, 0.25) is 0 Å². The zero-order chi connectivity index (χ0) is 29.4. The monoisotopic (exact) mass is 541 g/mol. The van der Waals surface area contributed by atoms with Gasteiger partial charge in [-0.1, -0.05) is 38.6 Å². The van der Waals surface area contributed by atoms with E-state index in [1.54, 1.807) is 13.0 Å². The van der Waals surface area contributed by atoms with Gasteiger partial charge in [0.15, 0.2) is 17.1 Å². The van der Waals surface area contributed by atoms with E-state index in [2.05, 4.69) is 35.6 Å². The summed E-state index contributed by atoms with van der Waals surface area (Å²) >= 11 is 0. The Labute approximate surface area is 236 Å². The van der Waals surface area contributed by atoms with Crippen LogP contribution < -0.4 is 15.6 Å². The van der Waals surface area contributed by atoms with Crippen molar-refractivity contribution in [2.45, 2.75) is 54.4 Å². The minimum Gasteiger partial charge on any atom is -0.508 e. The first-order chi connectivity index (χ1) is 19.1. The molecule has 0 aliphatic rings. The molecular formula is C33H39N3O4. The van der Waals surface area contributed by atoms with Gasteiger partial charge in [-0.3, -0.25) is 9.59 Å². The Hall–Kier alpha value is -4.39. The maximum atomic E-state index is 13.0. The molecule has 0 unspecified atom stereocenters. The number of rotatable bonds is 12. The van der Waals surface area contributed by atoms with Crippen LogP contribution in [0.25, 0.3) is 22.1 Å². The number of Topliss-reactive ketones (excluding diaryl/α,β-unsaturated/α-hetero) is 1. The maximum Gasteiger partial charge on any atom is 0.200 e. The van der Waals surface area contributed by atoms with E-state index in [9.17, 15) is 14.7 Å². The Kier molecular flexibility index (Phi) is 10.3. The number of fused-ring (bicyclic) bond motifs is 1. The van der Waals surface area contributed by atoms with Gasteiger partial charge in [0.05, 0.1) is 5.39 Å². The zero-order valence-electron chi connectivity index (χ0n) is 24.3. The predicted molar refractivity (Wildman–Crippen MR) is 166 cm³/mol. The first-order valence-corrected chi connectivity index (χ1v) is 13.6. The zero-order valence-corrected chi connectivity index (χ0v) is 24.3. The van der Waals surface area contributed by atoms with E-state index in [4.69, 9.17) is 4.42 Å². The SMILES string of the molecule is C=C(\N=C(C)/C(=C\C)/C=C(\C)C(C)=O)Nc1ccc(-c2cc(O)cc3c(=O)cc(N(CCC)CCC)oc23)cc1. The quantitative estimate of drug-likeness (QED) is 0.139. The van der Waals surface area contributed by atoms with Crippen LogP contribution in [0.5, 0.6) is 5.75 Å². The minimum absolute atomic E-state index is 0.00393. The lowest BCUT2D eigenvalue weighted by Gasteiger charge is -2.22. The van der Waals surface area contributed by atoms with Crippen molar-refractivity contribution in [3.05, 3.63) is 88.4 Å². The van der Waals surface area contributed by atoms with Crippen molar-refractivity contribution in [2.75, 3.05) is 23.3 Å². The van der Waals surface area contributed by atoms with Gasteiger partial charge >= 0.3 is 0 Å². The fourth-order valence-electron chi connectivity index (χ4n) is 4.40. The number of hydrogen-bond acceptors (Lipinski definition) is 7. The van der Waals surface area contributed by atoms with Gasteiger partial charge in [0, 0.05) is 36.1 Å². The molecule has 2 aromatic carbocycles. The number of aliphatic imine (C=N–C) groups is 1. The van der Waals surface area contributed by atoms with Gasteiger partial charge in [0.1, 0.15) is 17.2 Å². The van der Waals surface area contributed by atoms with Crippen molar-refractivity contribution in [1.82, 2.24) is 0 Å². The highest BCUT2D eigenvalue weighted by molar-refractivity contribution is 6.04. The summed E-state index contributed by atoms with van der Waals surface area (Å²) in [6.45, 7) is 16.8. The number of hydrogen-bond donors (Lipinski definition) is 2. The molecule has 3 rings (SSSR count). The average Bonchev–Trinajstić information content (AvgIpc) is 2.91. The molecule has 0 fully saturated rings. The standard InChI is InChI=1S/C33H39N3O4/c1-8-15-36(16-9-2)32-20-31(39)30-19-28(38)18-29(33(30)40-32)26-11-13-27(14-12-26)35-24(7)34-22(5)25(10-3)17-21(4)23(6)37/h10-14,17-20,35,38H,7-9,15-16H2,1-6H3/b21-17+,25-10-,34-22-. The second-order valence-corrected chi connectivity index (χ2v) is 9.78. The Morgan fingerprint density at radius 3 is 2.30 bits per heavy atom. The van der Waals surface area contributed by atoms with Gasteiger partial charge in [-0.05, 0) is 87.6 Å². The van der Waals surface area contributed by atoms with Crippen molar-refractivity contribution in [3.63, 3.8) is 0 Å². The Morgan fingerprint density at radius 1 is 1.07 bits per heavy atom. The average molecular weight is 542 g/mol. The highest BCUT2D eigenvalue weighted by atomic mass is 16.4. The highest BCUT2D eigenvalue weighted by Crippen LogP contribution is 2.34. The first-order valence-electron chi connectivity index (χ1n) is 13.6. The Morgan fingerprint density at radius 2 is 1.73 bits per heavy atom. The highest BCUT2D eigenvalue weighted by Gasteiger charge is 2.16. The lowest BCUT2D eigenvalue weighted by molar-refractivity contribution is -0.113. The molecule has 0 aliphatic heterocycles. The first kappa shape index (κ1) is 30.2. The van der Waals surface area contributed by atoms with E-state index in [0.29, 0.717) is 33.8 Å². The van der Waals surface area contributed by atoms with Crippen LogP contribution in [0.1, 0.15) is 54.4 Å². The molecule has 0 spiro atoms. The van der Waals surface area contributed by atoms with Gasteiger partial charge in [-0.15, -0.1) is 0 Å². The fourth-order valence-corrected chi connectivity index (χ4v) is 4.40. The van der Waals surface area contributed by atoms with E-state index < -0.39 is 0 Å². The van der Waals surface area contributed by atoms with Crippen LogP contribution in [-0.4, -0.2) is 29.7 Å². The van der Waals surface area contributed by atoms with Gasteiger partial charge in [0.2, 0.25) is 0 Å². The number of carbonyl (C=O) groups excluding carboxylic acids is 1. The van der Waals surface area contributed by atoms with Gasteiger partial charge in [-0.25, -0.2) is 4.99 Å². The van der Waals surface area contributed by atoms with E-state index in [1.165, 1.54) is 19.1 Å². The van der Waals surface area contributed by atoms with Crippen molar-refractivity contribution in [3.8, 4) is 16.9 Å². The van der Waals surface area contributed by atoms with Crippen LogP contribution in [0.3, 0.4) is 0 Å². The molecule has 210 valence electrons. The number of nitrogens with one attached hydrogen (secondary N) is 1. The molecule has 3 aromatic rings. The summed E-state index contributed by atoms with van der Waals surface area (Å²) in [6.07, 6.45) is 5.58. The Bertz CT molecular complexity index is 1540. The van der Waals surface area contributed by atoms with E-state index in [1.807, 2.05) is 50.3 Å². The van der Waals surface area contributed by atoms with Crippen molar-refractivity contribution in [2.24, 2.45) is 4.99 Å². The molecule has 1 aromatic heterocycles. The van der Waals surface area contributed by atoms with Crippen LogP contribution in [-0.2, 0) is 4.79 Å². The van der Waals surface area contributed by atoms with E-state index in [0.717, 1.165) is 48.5 Å². The summed E-state index contributed by atoms with van der Waals surface area (Å²) in [7, 11) is 0. The van der Waals surface area contributed by atoms with E-state index in [-0.39, 0.29) is 17.0 Å². The third-order valence-corrected chi connectivity index (χ3v) is 6.54. The third kappa shape index (κ3) is 7.38. The molecule has 0 radical (unpaired) electrons. The molecule has 40 heavy (non-hydrogen) atoms. The molecule has 2 N–H and O–H groups in total. The molecular weight excluding hydrogens is 502 g/mol. The number of anilines is 2. The summed E-state index contributed by atoms with van der Waals surface area (Å²) < 4.78 is 6.30. The third-order valence-electron chi connectivity index (χ3n) is 6.54. The number of allylic oxidation sites excluding steroid dienone is 4. The van der Waals surface area contributed by atoms with Gasteiger partial charge in [0.25, 0.3) is 0 Å². The predicted octanol–water partition coefficient (Wildman–Crippen LogP) is 7.62. The van der Waals surface area contributed by atoms with Crippen molar-refractivity contribution < 1.29 is 14.3 Å². The molecule has 7 heteroatoms. The minimum atomic E-state index is -0.192. The molecule has 0 atom stereocenters. The molecule has 0 aliphatic carbocycles. The summed E-state index contributed by atoms with van der Waals surface area (Å²) in [5.41, 5.74) is 4.67. The number of phenolic OH excluding ortho intramolecular Hbond substituents is 1. The smallest absolute Gasteiger partial charge is 0.200 e. The van der Waals surface area contributed by atoms with Crippen molar-refractivity contribution >= 4 is 34.0 Å². The van der Waals surface area contributed by atoms with Crippen LogP contribution >= 0.6 is 0 Å². The summed E-state index contributed by atoms with van der Waals surface area (Å²) in [6, 6.07) is 12.1. The molecule has 0 bridgehead atoms. The maximum absolute atomic E-state index is 13.0. The van der Waals surface area contributed by atoms with Crippen molar-refractivity contribution in [1.29, 1.82) is 0 Å². The normalized spacial score (nSPS) is 12.5. The summed E-state index contributed by atoms with van der Waals surface area (Å²) in [5, 5.41) is 13.9. The lowest BCUT2D eigenvalue weighted by atomic mass is 10.0. The lowest BCUT2D eigenvalue weighted by Crippen LogP contribution is -2.25. The van der Waals surface area contributed by atoms with Crippen LogP contribution in [0, 0.1) is 0 Å². The van der Waals surface area contributed by atoms with Crippen LogP contribution in [0.4, 0.5) is 11.6 Å². The number of benzene rings is 2. The summed E-state index contributed by atoms with van der Waals surface area (Å²) in [5.74, 6) is 0.989. The number of ketones is 1. The van der Waals surface area contributed by atoms with Gasteiger partial charge in [-0.2, -0.15) is 0 Å². The molecule has 1 heterocycles. The molecule has 7 nitrogen and oxygen atoms in total. The largest absolute Gasteiger partial charge is 0.508 e. The second kappa shape index (κ2) is 13.6. The number of nitrogens with zero attached hydrogens (tertiary/aromatic N) is 2. The van der Waals surface area contributed by atoms with Gasteiger partial charge < -0.3 is 19.7 Å². The Balaban J connectivity index is 1.92. The second-order valence-electron chi connectivity index (χ2n) is 9.78. The topological polar surface area (TPSA) is 95.1 Å². The molecule has 0 saturated heterocycles. The number of aromatic hydroxyl groups is 1. The fraction of sp³-hybridized carbons (Fsp3) is 0.303. The molecule has 0 amide bonds. The summed E-state index contributed by atoms with van der Waals surface area (Å²) in [4.78, 5) is 31.3. The number of phenols is 1. The number of carbonyl (C=O) groups is 1. The van der Waals surface area contributed by atoms with Crippen LogP contribution in [0.15, 0.2) is 92.4 Å².